The second kappa shape index (κ2) is 11.2. The summed E-state index contributed by atoms with van der Waals surface area (Å²) in [7, 11) is 1.76. The summed E-state index contributed by atoms with van der Waals surface area (Å²) in [6, 6.07) is 26.5. The third-order valence-electron chi connectivity index (χ3n) is 6.58. The highest BCUT2D eigenvalue weighted by Gasteiger charge is 2.25. The van der Waals surface area contributed by atoms with Gasteiger partial charge in [-0.1, -0.05) is 72.8 Å². The molecule has 1 atom stereocenters. The first-order chi connectivity index (χ1) is 16.5. The van der Waals surface area contributed by atoms with Crippen molar-refractivity contribution in [3.63, 3.8) is 0 Å². The topological polar surface area (TPSA) is 66.6 Å². The quantitative estimate of drug-likeness (QED) is 0.487. The van der Waals surface area contributed by atoms with Crippen LogP contribution < -0.4 is 5.73 Å². The number of likely N-dealkylation sites (tertiary alicyclic amines) is 1. The zero-order chi connectivity index (χ0) is 23.9. The molecule has 1 fully saturated rings. The highest BCUT2D eigenvalue weighted by Crippen LogP contribution is 2.25. The second-order valence-electron chi connectivity index (χ2n) is 9.23. The van der Waals surface area contributed by atoms with Gasteiger partial charge >= 0.3 is 0 Å². The van der Waals surface area contributed by atoms with Crippen LogP contribution in [-0.2, 0) is 17.9 Å². The number of Topliss-reactive ketones (excluding diaryl/α,β-unsaturated/α-hetero) is 1. The first-order valence-electron chi connectivity index (χ1n) is 11.9. The zero-order valence-electron chi connectivity index (χ0n) is 19.8. The summed E-state index contributed by atoms with van der Waals surface area (Å²) in [5.41, 5.74) is 10.7. The van der Waals surface area contributed by atoms with Crippen LogP contribution in [0.2, 0.25) is 0 Å². The fraction of sp³-hybridized carbons (Fsp3) is 0.310. The van der Waals surface area contributed by atoms with Crippen LogP contribution in [0.15, 0.2) is 78.9 Å². The van der Waals surface area contributed by atoms with E-state index >= 15 is 0 Å². The molecular weight excluding hydrogens is 422 g/mol. The fourth-order valence-electron chi connectivity index (χ4n) is 4.66. The molecule has 1 amide bonds. The lowest BCUT2D eigenvalue weighted by Crippen LogP contribution is -2.32. The van der Waals surface area contributed by atoms with Crippen molar-refractivity contribution in [1.82, 2.24) is 9.80 Å². The Morgan fingerprint density at radius 1 is 0.941 bits per heavy atom. The minimum atomic E-state index is -0.0845. The number of likely N-dealkylation sites (N-methyl/N-ethyl adjacent to an activating group) is 1. The van der Waals surface area contributed by atoms with Crippen molar-refractivity contribution in [3.05, 3.63) is 95.6 Å². The number of amides is 1. The largest absolute Gasteiger partial charge is 0.340 e. The molecule has 2 N–H and O–H groups in total. The molecule has 1 unspecified atom stereocenters. The van der Waals surface area contributed by atoms with Gasteiger partial charge in [-0.25, -0.2) is 0 Å². The molecule has 0 aromatic heterocycles. The highest BCUT2D eigenvalue weighted by molar-refractivity contribution is 5.96. The maximum Gasteiger partial charge on any atom is 0.236 e. The Morgan fingerprint density at radius 2 is 1.68 bits per heavy atom. The predicted molar refractivity (Wildman–Crippen MR) is 136 cm³/mol. The number of benzene rings is 3. The fourth-order valence-corrected chi connectivity index (χ4v) is 4.66. The Balaban J connectivity index is 1.33. The van der Waals surface area contributed by atoms with E-state index in [0.29, 0.717) is 18.9 Å². The van der Waals surface area contributed by atoms with Gasteiger partial charge in [-0.3, -0.25) is 14.5 Å². The summed E-state index contributed by atoms with van der Waals surface area (Å²) in [6.45, 7) is 3.51. The van der Waals surface area contributed by atoms with E-state index < -0.39 is 0 Å². The number of ketones is 1. The average Bonchev–Trinajstić information content (AvgIpc) is 3.30. The van der Waals surface area contributed by atoms with Crippen LogP contribution in [-0.4, -0.2) is 48.2 Å². The van der Waals surface area contributed by atoms with E-state index in [1.165, 1.54) is 5.56 Å². The summed E-state index contributed by atoms with van der Waals surface area (Å²) in [6.07, 6.45) is 1.67. The van der Waals surface area contributed by atoms with Gasteiger partial charge in [0.05, 0.1) is 6.54 Å². The van der Waals surface area contributed by atoms with Gasteiger partial charge in [0.25, 0.3) is 0 Å². The van der Waals surface area contributed by atoms with Gasteiger partial charge in [-0.05, 0) is 47.2 Å². The lowest BCUT2D eigenvalue weighted by Gasteiger charge is -2.17. The monoisotopic (exact) mass is 455 g/mol. The van der Waals surface area contributed by atoms with Crippen LogP contribution in [0, 0.1) is 5.92 Å². The van der Waals surface area contributed by atoms with E-state index in [-0.39, 0.29) is 18.2 Å². The molecule has 0 aliphatic carbocycles. The number of carbonyl (C=O) groups excluding carboxylic acids is 2. The number of rotatable bonds is 9. The molecule has 3 aromatic rings. The van der Waals surface area contributed by atoms with Gasteiger partial charge in [-0.15, -0.1) is 0 Å². The van der Waals surface area contributed by atoms with Crippen LogP contribution in [0.4, 0.5) is 0 Å². The Hall–Kier alpha value is -3.28. The van der Waals surface area contributed by atoms with E-state index in [2.05, 4.69) is 35.2 Å². The summed E-state index contributed by atoms with van der Waals surface area (Å²) in [4.78, 5) is 28.8. The number of hydrogen-bond donors (Lipinski definition) is 1. The Morgan fingerprint density at radius 3 is 2.41 bits per heavy atom. The van der Waals surface area contributed by atoms with Crippen molar-refractivity contribution < 1.29 is 9.59 Å². The van der Waals surface area contributed by atoms with E-state index in [0.717, 1.165) is 48.3 Å². The summed E-state index contributed by atoms with van der Waals surface area (Å²) in [5.74, 6) is 0.549. The van der Waals surface area contributed by atoms with Crippen LogP contribution in [0.3, 0.4) is 0 Å². The average molecular weight is 456 g/mol. The van der Waals surface area contributed by atoms with Crippen molar-refractivity contribution >= 4 is 11.7 Å². The molecule has 5 nitrogen and oxygen atoms in total. The normalized spacial score (nSPS) is 15.9. The van der Waals surface area contributed by atoms with Gasteiger partial charge in [0.2, 0.25) is 5.91 Å². The molecule has 5 heteroatoms. The van der Waals surface area contributed by atoms with Crippen molar-refractivity contribution in [1.29, 1.82) is 0 Å². The summed E-state index contributed by atoms with van der Waals surface area (Å²) < 4.78 is 0. The minimum absolute atomic E-state index is 0.0115. The second-order valence-corrected chi connectivity index (χ2v) is 9.23. The molecule has 0 radical (unpaired) electrons. The molecule has 0 spiro atoms. The molecule has 0 bridgehead atoms. The van der Waals surface area contributed by atoms with E-state index in [9.17, 15) is 9.59 Å². The number of hydrogen-bond acceptors (Lipinski definition) is 4. The first kappa shape index (κ1) is 23.9. The molecule has 3 aromatic carbocycles. The highest BCUT2D eigenvalue weighted by atomic mass is 16.2. The van der Waals surface area contributed by atoms with Crippen molar-refractivity contribution in [3.8, 4) is 11.1 Å². The third kappa shape index (κ3) is 6.19. The Labute approximate surface area is 202 Å². The minimum Gasteiger partial charge on any atom is -0.340 e. The third-order valence-corrected chi connectivity index (χ3v) is 6.58. The maximum atomic E-state index is 12.9. The van der Waals surface area contributed by atoms with Crippen molar-refractivity contribution in [2.24, 2.45) is 11.7 Å². The lowest BCUT2D eigenvalue weighted by atomic mass is 9.95. The zero-order valence-corrected chi connectivity index (χ0v) is 19.8. The van der Waals surface area contributed by atoms with Gasteiger partial charge in [0.1, 0.15) is 0 Å². The Bertz CT molecular complexity index is 1110. The molecule has 1 aliphatic rings. The molecule has 176 valence electrons. The lowest BCUT2D eigenvalue weighted by molar-refractivity contribution is -0.128. The Kier molecular flexibility index (Phi) is 7.88. The molecule has 4 rings (SSSR count). The SMILES string of the molecule is CN(Cc1cccc(-c2ccc(C(=O)CC3CCN(Cc4ccccc4)C3)cc2)c1)C(=O)CN. The van der Waals surface area contributed by atoms with Gasteiger partial charge in [0.15, 0.2) is 5.78 Å². The van der Waals surface area contributed by atoms with E-state index in [1.54, 1.807) is 11.9 Å². The number of nitrogens with zero attached hydrogens (tertiary/aromatic N) is 2. The van der Waals surface area contributed by atoms with Crippen LogP contribution in [0.1, 0.15) is 34.3 Å². The maximum absolute atomic E-state index is 12.9. The standard InChI is InChI=1S/C29H33N3O2/c1-31(29(34)18-30)19-23-8-5-9-27(16-23)25-10-12-26(13-11-25)28(33)17-24-14-15-32(21-24)20-22-6-3-2-4-7-22/h2-13,16,24H,14-15,17-21,30H2,1H3. The molecule has 1 heterocycles. The molecular formula is C29H33N3O2. The molecule has 0 saturated carbocycles. The van der Waals surface area contributed by atoms with Crippen molar-refractivity contribution in [2.45, 2.75) is 25.9 Å². The summed E-state index contributed by atoms with van der Waals surface area (Å²) in [5, 5.41) is 0. The smallest absolute Gasteiger partial charge is 0.236 e. The predicted octanol–water partition coefficient (Wildman–Crippen LogP) is 4.37. The van der Waals surface area contributed by atoms with Gasteiger partial charge in [-0.2, -0.15) is 0 Å². The number of carbonyl (C=O) groups is 2. The first-order valence-corrected chi connectivity index (χ1v) is 11.9. The van der Waals surface area contributed by atoms with Crippen molar-refractivity contribution in [2.75, 3.05) is 26.7 Å². The van der Waals surface area contributed by atoms with E-state index in [4.69, 9.17) is 5.73 Å². The van der Waals surface area contributed by atoms with Crippen LogP contribution in [0.25, 0.3) is 11.1 Å². The molecule has 34 heavy (non-hydrogen) atoms. The van der Waals surface area contributed by atoms with Crippen LogP contribution >= 0.6 is 0 Å². The van der Waals surface area contributed by atoms with Gasteiger partial charge in [0, 0.05) is 38.7 Å². The molecule has 1 saturated heterocycles. The summed E-state index contributed by atoms with van der Waals surface area (Å²) >= 11 is 0. The van der Waals surface area contributed by atoms with E-state index in [1.807, 2.05) is 48.5 Å². The van der Waals surface area contributed by atoms with Crippen LogP contribution in [0.5, 0.6) is 0 Å². The molecule has 1 aliphatic heterocycles. The number of nitrogens with two attached hydrogens (primary N) is 1. The van der Waals surface area contributed by atoms with Gasteiger partial charge < -0.3 is 10.6 Å².